The van der Waals surface area contributed by atoms with E-state index in [0.29, 0.717) is 17.9 Å². The fourth-order valence-corrected chi connectivity index (χ4v) is 1.18. The summed E-state index contributed by atoms with van der Waals surface area (Å²) >= 11 is 0. The molecule has 1 heterocycles. The molecule has 0 fully saturated rings. The summed E-state index contributed by atoms with van der Waals surface area (Å²) in [4.78, 5) is 5.92. The number of aromatic nitrogens is 1. The highest BCUT2D eigenvalue weighted by Gasteiger charge is 2.09. The third-order valence-corrected chi connectivity index (χ3v) is 1.94. The zero-order chi connectivity index (χ0) is 10.6. The van der Waals surface area contributed by atoms with Crippen LogP contribution in [0.4, 0.5) is 5.82 Å². The van der Waals surface area contributed by atoms with Crippen LogP contribution in [0.2, 0.25) is 0 Å². The van der Waals surface area contributed by atoms with Gasteiger partial charge in [0.1, 0.15) is 11.9 Å². The molecule has 1 rings (SSSR count). The molecule has 3 nitrogen and oxygen atoms in total. The molecule has 0 saturated carbocycles. The van der Waals surface area contributed by atoms with E-state index in [0.717, 1.165) is 5.56 Å². The Morgan fingerprint density at radius 2 is 2.36 bits per heavy atom. The van der Waals surface area contributed by atoms with Gasteiger partial charge in [-0.3, -0.25) is 0 Å². The van der Waals surface area contributed by atoms with E-state index in [1.807, 2.05) is 20.0 Å². The van der Waals surface area contributed by atoms with Gasteiger partial charge in [0.2, 0.25) is 0 Å². The SMILES string of the molecule is C#CCN(C)c1nccc(C)c1C#N. The largest absolute Gasteiger partial charge is 0.347 e. The molecule has 0 saturated heterocycles. The van der Waals surface area contributed by atoms with E-state index >= 15 is 0 Å². The van der Waals surface area contributed by atoms with Crippen LogP contribution in [0.15, 0.2) is 12.3 Å². The van der Waals surface area contributed by atoms with Gasteiger partial charge in [-0.05, 0) is 18.6 Å². The molecule has 3 heteroatoms. The number of pyridine rings is 1. The minimum atomic E-state index is 0.450. The van der Waals surface area contributed by atoms with E-state index < -0.39 is 0 Å². The smallest absolute Gasteiger partial charge is 0.147 e. The van der Waals surface area contributed by atoms with E-state index in [-0.39, 0.29) is 0 Å². The number of anilines is 1. The Hall–Kier alpha value is -2.00. The molecule has 0 atom stereocenters. The third kappa shape index (κ3) is 1.84. The van der Waals surface area contributed by atoms with Crippen LogP contribution in [-0.2, 0) is 0 Å². The molecule has 0 aliphatic carbocycles. The Balaban J connectivity index is 3.16. The first-order chi connectivity index (χ1) is 6.70. The van der Waals surface area contributed by atoms with Crippen molar-refractivity contribution in [1.29, 1.82) is 5.26 Å². The summed E-state index contributed by atoms with van der Waals surface area (Å²) in [5.41, 5.74) is 1.51. The van der Waals surface area contributed by atoms with Crippen LogP contribution < -0.4 is 4.90 Å². The maximum atomic E-state index is 8.95. The first-order valence-corrected chi connectivity index (χ1v) is 4.21. The van der Waals surface area contributed by atoms with Crippen molar-refractivity contribution in [2.75, 3.05) is 18.5 Å². The first kappa shape index (κ1) is 10.1. The zero-order valence-corrected chi connectivity index (χ0v) is 8.28. The molecule has 0 spiro atoms. The number of aryl methyl sites for hydroxylation is 1. The third-order valence-electron chi connectivity index (χ3n) is 1.94. The normalized spacial score (nSPS) is 8.86. The molecule has 0 amide bonds. The van der Waals surface area contributed by atoms with Crippen molar-refractivity contribution in [3.8, 4) is 18.4 Å². The van der Waals surface area contributed by atoms with Crippen molar-refractivity contribution >= 4 is 5.82 Å². The number of terminal acetylenes is 1. The van der Waals surface area contributed by atoms with E-state index in [2.05, 4.69) is 17.0 Å². The number of hydrogen-bond donors (Lipinski definition) is 0. The van der Waals surface area contributed by atoms with Gasteiger partial charge in [-0.2, -0.15) is 5.26 Å². The van der Waals surface area contributed by atoms with Crippen LogP contribution in [0.3, 0.4) is 0 Å². The molecule has 0 aliphatic rings. The molecule has 0 bridgehead atoms. The van der Waals surface area contributed by atoms with Gasteiger partial charge in [-0.25, -0.2) is 4.98 Å². The van der Waals surface area contributed by atoms with E-state index in [1.54, 1.807) is 11.1 Å². The van der Waals surface area contributed by atoms with Crippen LogP contribution in [0.1, 0.15) is 11.1 Å². The van der Waals surface area contributed by atoms with Gasteiger partial charge in [0.05, 0.1) is 12.1 Å². The van der Waals surface area contributed by atoms with Gasteiger partial charge in [-0.1, -0.05) is 5.92 Å². The second-order valence-corrected chi connectivity index (χ2v) is 3.00. The van der Waals surface area contributed by atoms with E-state index in [1.165, 1.54) is 0 Å². The lowest BCUT2D eigenvalue weighted by Crippen LogP contribution is -2.19. The summed E-state index contributed by atoms with van der Waals surface area (Å²) in [5.74, 6) is 3.16. The highest BCUT2D eigenvalue weighted by molar-refractivity contribution is 5.57. The fourth-order valence-electron chi connectivity index (χ4n) is 1.18. The maximum absolute atomic E-state index is 8.95. The standard InChI is InChI=1S/C11H11N3/c1-4-7-14(3)11-10(8-12)9(2)5-6-13-11/h1,5-6H,7H2,2-3H3. The maximum Gasteiger partial charge on any atom is 0.147 e. The quantitative estimate of drug-likeness (QED) is 0.652. The minimum absolute atomic E-state index is 0.450. The molecule has 0 aliphatic heterocycles. The molecular formula is C11H11N3. The van der Waals surface area contributed by atoms with Crippen LogP contribution in [0.5, 0.6) is 0 Å². The summed E-state index contributed by atoms with van der Waals surface area (Å²) in [7, 11) is 1.82. The summed E-state index contributed by atoms with van der Waals surface area (Å²) in [6, 6.07) is 3.94. The highest BCUT2D eigenvalue weighted by atomic mass is 15.2. The Labute approximate surface area is 84.0 Å². The summed E-state index contributed by atoms with van der Waals surface area (Å²) in [6.45, 7) is 2.33. The summed E-state index contributed by atoms with van der Waals surface area (Å²) in [6.07, 6.45) is 6.87. The average molecular weight is 185 g/mol. The van der Waals surface area contributed by atoms with Gasteiger partial charge in [0.25, 0.3) is 0 Å². The Morgan fingerprint density at radius 1 is 1.64 bits per heavy atom. The topological polar surface area (TPSA) is 39.9 Å². The Kier molecular flexibility index (Phi) is 3.09. The predicted molar refractivity (Wildman–Crippen MR) is 55.8 cm³/mol. The minimum Gasteiger partial charge on any atom is -0.347 e. The fraction of sp³-hybridized carbons (Fsp3) is 0.273. The summed E-state index contributed by atoms with van der Waals surface area (Å²) in [5, 5.41) is 8.95. The molecule has 0 unspecified atom stereocenters. The van der Waals surface area contributed by atoms with Gasteiger partial charge in [0.15, 0.2) is 0 Å². The molecule has 1 aromatic heterocycles. The van der Waals surface area contributed by atoms with Crippen LogP contribution >= 0.6 is 0 Å². The molecule has 0 aromatic carbocycles. The molecule has 0 radical (unpaired) electrons. The lowest BCUT2D eigenvalue weighted by atomic mass is 10.1. The number of nitrogens with zero attached hydrogens (tertiary/aromatic N) is 3. The lowest BCUT2D eigenvalue weighted by molar-refractivity contribution is 0.996. The van der Waals surface area contributed by atoms with Crippen molar-refractivity contribution in [2.45, 2.75) is 6.92 Å². The Morgan fingerprint density at radius 3 is 2.93 bits per heavy atom. The van der Waals surface area contributed by atoms with Crippen LogP contribution in [-0.4, -0.2) is 18.6 Å². The predicted octanol–water partition coefficient (Wildman–Crippen LogP) is 1.33. The second kappa shape index (κ2) is 4.30. The van der Waals surface area contributed by atoms with Crippen molar-refractivity contribution < 1.29 is 0 Å². The molecule has 70 valence electrons. The number of hydrogen-bond acceptors (Lipinski definition) is 3. The molecular weight excluding hydrogens is 174 g/mol. The summed E-state index contributed by atoms with van der Waals surface area (Å²) < 4.78 is 0. The molecule has 14 heavy (non-hydrogen) atoms. The van der Waals surface area contributed by atoms with Crippen molar-refractivity contribution in [1.82, 2.24) is 4.98 Å². The molecule has 1 aromatic rings. The number of rotatable bonds is 2. The van der Waals surface area contributed by atoms with Gasteiger partial charge in [0, 0.05) is 13.2 Å². The van der Waals surface area contributed by atoms with Crippen LogP contribution in [0, 0.1) is 30.6 Å². The van der Waals surface area contributed by atoms with Gasteiger partial charge >= 0.3 is 0 Å². The van der Waals surface area contributed by atoms with E-state index in [9.17, 15) is 0 Å². The molecule has 0 N–H and O–H groups in total. The van der Waals surface area contributed by atoms with Crippen LogP contribution in [0.25, 0.3) is 0 Å². The first-order valence-electron chi connectivity index (χ1n) is 4.21. The average Bonchev–Trinajstić information content (AvgIpc) is 2.17. The lowest BCUT2D eigenvalue weighted by Gasteiger charge is -2.16. The second-order valence-electron chi connectivity index (χ2n) is 3.00. The van der Waals surface area contributed by atoms with Crippen molar-refractivity contribution in [2.24, 2.45) is 0 Å². The Bertz CT molecular complexity index is 410. The van der Waals surface area contributed by atoms with Crippen molar-refractivity contribution in [3.05, 3.63) is 23.4 Å². The van der Waals surface area contributed by atoms with Gasteiger partial charge < -0.3 is 4.90 Å². The monoisotopic (exact) mass is 185 g/mol. The van der Waals surface area contributed by atoms with E-state index in [4.69, 9.17) is 11.7 Å². The van der Waals surface area contributed by atoms with Gasteiger partial charge in [-0.15, -0.1) is 6.42 Å². The highest BCUT2D eigenvalue weighted by Crippen LogP contribution is 2.17. The zero-order valence-electron chi connectivity index (χ0n) is 8.28. The van der Waals surface area contributed by atoms with Crippen molar-refractivity contribution in [3.63, 3.8) is 0 Å². The number of nitriles is 1.